The first-order valence-corrected chi connectivity index (χ1v) is 16.1. The Morgan fingerprint density at radius 2 is 1.72 bits per heavy atom. The Kier molecular flexibility index (Phi) is 10.0. The predicted molar refractivity (Wildman–Crippen MR) is 179 cm³/mol. The van der Waals surface area contributed by atoms with Crippen LogP contribution in [-0.2, 0) is 24.4 Å². The summed E-state index contributed by atoms with van der Waals surface area (Å²) in [6.07, 6.45) is 3.53. The molecule has 7 nitrogen and oxygen atoms in total. The number of aromatic nitrogens is 1. The molecule has 0 atom stereocenters. The highest BCUT2D eigenvalue weighted by Crippen LogP contribution is 2.37. The van der Waals surface area contributed by atoms with E-state index in [1.165, 1.54) is 17.3 Å². The Hall–Kier alpha value is -3.42. The van der Waals surface area contributed by atoms with Gasteiger partial charge in [-0.15, -0.1) is 0 Å². The van der Waals surface area contributed by atoms with Crippen LogP contribution in [-0.4, -0.2) is 50.8 Å². The van der Waals surface area contributed by atoms with Crippen LogP contribution in [0.2, 0.25) is 5.02 Å². The number of unbranched alkanes of at least 4 members (excludes halogenated alkanes) is 1. The van der Waals surface area contributed by atoms with Gasteiger partial charge in [-0.25, -0.2) is 0 Å². The summed E-state index contributed by atoms with van der Waals surface area (Å²) in [5.41, 5.74) is 3.22. The molecule has 3 aromatic rings. The number of nitriles is 1. The molecule has 0 N–H and O–H groups in total. The number of hydrogen-bond acceptors (Lipinski definition) is 7. The third-order valence-corrected chi connectivity index (χ3v) is 9.68. The van der Waals surface area contributed by atoms with Gasteiger partial charge in [0.05, 0.1) is 11.4 Å². The van der Waals surface area contributed by atoms with Crippen molar-refractivity contribution >= 4 is 57.7 Å². The van der Waals surface area contributed by atoms with E-state index >= 15 is 0 Å². The highest BCUT2D eigenvalue weighted by atomic mass is 35.5. The minimum Gasteiger partial charge on any atom is -0.355 e. The van der Waals surface area contributed by atoms with Gasteiger partial charge in [-0.3, -0.25) is 24.0 Å². The van der Waals surface area contributed by atoms with E-state index in [4.69, 9.17) is 23.8 Å². The Balaban J connectivity index is 1.51. The molecule has 2 saturated heterocycles. The maximum atomic E-state index is 13.7. The lowest BCUT2D eigenvalue weighted by Gasteiger charge is -2.38. The van der Waals surface area contributed by atoms with E-state index in [-0.39, 0.29) is 23.6 Å². The number of thiocarbonyl (C=S) groups is 1. The van der Waals surface area contributed by atoms with Gasteiger partial charge in [0.1, 0.15) is 21.8 Å². The second-order valence-corrected chi connectivity index (χ2v) is 12.9. The quantitative estimate of drug-likeness (QED) is 0.206. The van der Waals surface area contributed by atoms with Crippen molar-refractivity contribution in [1.29, 1.82) is 5.26 Å². The molecule has 0 unspecified atom stereocenters. The second-order valence-electron chi connectivity index (χ2n) is 10.8. The number of piperazine rings is 1. The zero-order chi connectivity index (χ0) is 30.5. The fourth-order valence-electron chi connectivity index (χ4n) is 5.53. The van der Waals surface area contributed by atoms with Crippen LogP contribution < -0.4 is 10.5 Å². The molecule has 222 valence electrons. The number of anilines is 1. The summed E-state index contributed by atoms with van der Waals surface area (Å²) in [6, 6.07) is 20.0. The molecule has 0 saturated carbocycles. The van der Waals surface area contributed by atoms with Crippen molar-refractivity contribution in [2.75, 3.05) is 31.1 Å². The molecule has 2 aliphatic rings. The minimum absolute atomic E-state index is 0.111. The van der Waals surface area contributed by atoms with Gasteiger partial charge < -0.3 is 4.90 Å². The van der Waals surface area contributed by atoms with Gasteiger partial charge in [-0.05, 0) is 42.2 Å². The number of carbonyl (C=O) groups is 1. The Morgan fingerprint density at radius 3 is 2.40 bits per heavy atom. The fourth-order valence-corrected chi connectivity index (χ4v) is 6.96. The SMILES string of the molecule is CCCCn1c(N2CCN(Cc3ccccc3)CC2)c(/C=C2/SC(=S)N(Cc3ccccc3Cl)C2=O)c(C)c(C#N)c1=O. The molecule has 1 amide bonds. The third kappa shape index (κ3) is 6.73. The summed E-state index contributed by atoms with van der Waals surface area (Å²) >= 11 is 13.2. The standard InChI is InChI=1S/C33H34ClN5O2S2/c1-3-4-14-38-30(37-17-15-36(16-18-37)21-24-10-6-5-7-11-24)26(23(2)27(20-35)31(38)40)19-29-32(41)39(33(42)43-29)22-25-12-8-9-13-28(25)34/h5-13,19H,3-4,14-18,21-22H2,1-2H3/b29-19+. The van der Waals surface area contributed by atoms with Crippen molar-refractivity contribution in [3.8, 4) is 6.07 Å². The first-order chi connectivity index (χ1) is 20.8. The summed E-state index contributed by atoms with van der Waals surface area (Å²) < 4.78 is 2.20. The monoisotopic (exact) mass is 631 g/mol. The zero-order valence-corrected chi connectivity index (χ0v) is 26.8. The Bertz CT molecular complexity index is 1660. The number of carbonyl (C=O) groups excluding carboxylic acids is 1. The van der Waals surface area contributed by atoms with Crippen molar-refractivity contribution in [2.24, 2.45) is 0 Å². The average Bonchev–Trinajstić information content (AvgIpc) is 3.27. The van der Waals surface area contributed by atoms with Crippen molar-refractivity contribution < 1.29 is 4.79 Å². The molecule has 0 bridgehead atoms. The molecule has 0 aliphatic carbocycles. The highest BCUT2D eigenvalue weighted by molar-refractivity contribution is 8.26. The predicted octanol–water partition coefficient (Wildman–Crippen LogP) is 6.21. The Labute approximate surface area is 267 Å². The van der Waals surface area contributed by atoms with E-state index in [0.717, 1.165) is 62.5 Å². The number of hydrogen-bond donors (Lipinski definition) is 0. The molecule has 1 aromatic heterocycles. The van der Waals surface area contributed by atoms with Gasteiger partial charge in [0.2, 0.25) is 0 Å². The van der Waals surface area contributed by atoms with Crippen LogP contribution in [0.4, 0.5) is 5.82 Å². The highest BCUT2D eigenvalue weighted by Gasteiger charge is 2.34. The van der Waals surface area contributed by atoms with E-state index in [9.17, 15) is 14.9 Å². The van der Waals surface area contributed by atoms with Gasteiger partial charge in [0.25, 0.3) is 11.5 Å². The van der Waals surface area contributed by atoms with E-state index in [0.29, 0.717) is 26.4 Å². The topological polar surface area (TPSA) is 72.6 Å². The van der Waals surface area contributed by atoms with E-state index < -0.39 is 0 Å². The van der Waals surface area contributed by atoms with Crippen LogP contribution in [0.25, 0.3) is 6.08 Å². The summed E-state index contributed by atoms with van der Waals surface area (Å²) in [5.74, 6) is 0.559. The summed E-state index contributed by atoms with van der Waals surface area (Å²) in [5, 5.41) is 10.6. The second kappa shape index (κ2) is 13.9. The van der Waals surface area contributed by atoms with E-state index in [2.05, 4.69) is 47.1 Å². The molecular formula is C33H34ClN5O2S2. The van der Waals surface area contributed by atoms with E-state index in [1.54, 1.807) is 22.5 Å². The molecule has 3 heterocycles. The van der Waals surface area contributed by atoms with Crippen LogP contribution in [0.3, 0.4) is 0 Å². The summed E-state index contributed by atoms with van der Waals surface area (Å²) in [7, 11) is 0. The molecule has 43 heavy (non-hydrogen) atoms. The van der Waals surface area contributed by atoms with Gasteiger partial charge >= 0.3 is 0 Å². The van der Waals surface area contributed by atoms with Crippen molar-refractivity contribution in [1.82, 2.24) is 14.4 Å². The molecule has 5 rings (SSSR count). The van der Waals surface area contributed by atoms with Crippen LogP contribution in [0.5, 0.6) is 0 Å². The van der Waals surface area contributed by atoms with Gasteiger partial charge in [0.15, 0.2) is 0 Å². The Morgan fingerprint density at radius 1 is 1.02 bits per heavy atom. The molecule has 2 aromatic carbocycles. The van der Waals surface area contributed by atoms with Gasteiger partial charge in [-0.2, -0.15) is 5.26 Å². The maximum Gasteiger partial charge on any atom is 0.270 e. The number of benzene rings is 2. The molecule has 10 heteroatoms. The number of amides is 1. The van der Waals surface area contributed by atoms with Crippen LogP contribution in [0.1, 0.15) is 47.6 Å². The first-order valence-electron chi connectivity index (χ1n) is 14.5. The van der Waals surface area contributed by atoms with Gasteiger partial charge in [0, 0.05) is 49.9 Å². The molecule has 0 radical (unpaired) electrons. The third-order valence-electron chi connectivity index (χ3n) is 7.94. The number of pyridine rings is 1. The fraction of sp³-hybridized carbons (Fsp3) is 0.333. The van der Waals surface area contributed by atoms with Crippen LogP contribution in [0, 0.1) is 18.3 Å². The van der Waals surface area contributed by atoms with Crippen molar-refractivity contribution in [3.63, 3.8) is 0 Å². The number of rotatable bonds is 9. The lowest BCUT2D eigenvalue weighted by Crippen LogP contribution is -2.48. The van der Waals surface area contributed by atoms with Crippen LogP contribution >= 0.6 is 35.6 Å². The minimum atomic E-state index is -0.279. The summed E-state index contributed by atoms with van der Waals surface area (Å²) in [4.78, 5) is 34.0. The molecule has 0 spiro atoms. The van der Waals surface area contributed by atoms with Gasteiger partial charge in [-0.1, -0.05) is 97.5 Å². The van der Waals surface area contributed by atoms with Crippen LogP contribution in [0.15, 0.2) is 64.3 Å². The number of halogens is 1. The lowest BCUT2D eigenvalue weighted by atomic mass is 10.0. The summed E-state index contributed by atoms with van der Waals surface area (Å²) in [6.45, 7) is 8.62. The smallest absolute Gasteiger partial charge is 0.270 e. The largest absolute Gasteiger partial charge is 0.355 e. The normalized spacial score (nSPS) is 16.7. The number of nitrogens with zero attached hydrogens (tertiary/aromatic N) is 5. The van der Waals surface area contributed by atoms with Crippen molar-refractivity contribution in [2.45, 2.75) is 46.3 Å². The maximum absolute atomic E-state index is 13.7. The van der Waals surface area contributed by atoms with E-state index in [1.807, 2.05) is 30.3 Å². The van der Waals surface area contributed by atoms with Crippen molar-refractivity contribution in [3.05, 3.63) is 103 Å². The first kappa shape index (κ1) is 31.0. The molecular weight excluding hydrogens is 598 g/mol. The molecule has 2 aliphatic heterocycles. The lowest BCUT2D eigenvalue weighted by molar-refractivity contribution is -0.122. The zero-order valence-electron chi connectivity index (χ0n) is 24.4. The molecule has 2 fully saturated rings. The average molecular weight is 632 g/mol. The number of thioether (sulfide) groups is 1.